The van der Waals surface area contributed by atoms with Crippen molar-refractivity contribution >= 4 is 10.0 Å². The summed E-state index contributed by atoms with van der Waals surface area (Å²) in [4.78, 5) is 0.151. The molecule has 0 aliphatic rings. The third-order valence-electron chi connectivity index (χ3n) is 2.75. The van der Waals surface area contributed by atoms with E-state index in [9.17, 15) is 8.42 Å². The fraction of sp³-hybridized carbons (Fsp3) is 0.600. The molecule has 0 atom stereocenters. The molecule has 0 radical (unpaired) electrons. The molecule has 0 aromatic heterocycles. The number of rotatable bonds is 11. The zero-order valence-electron chi connectivity index (χ0n) is 13.4. The molecular formula is C15H25NO5S. The van der Waals surface area contributed by atoms with Crippen LogP contribution in [0.5, 0.6) is 11.5 Å². The Bertz CT molecular complexity index is 545. The van der Waals surface area contributed by atoms with E-state index in [0.29, 0.717) is 31.3 Å². The molecule has 0 aliphatic heterocycles. The minimum Gasteiger partial charge on any atom is -0.490 e. The van der Waals surface area contributed by atoms with Gasteiger partial charge in [-0.05, 0) is 25.0 Å². The lowest BCUT2D eigenvalue weighted by Crippen LogP contribution is -2.27. The minimum atomic E-state index is -3.58. The quantitative estimate of drug-likeness (QED) is 0.629. The highest BCUT2D eigenvalue weighted by molar-refractivity contribution is 7.89. The molecule has 1 rings (SSSR count). The summed E-state index contributed by atoms with van der Waals surface area (Å²) in [6.07, 6.45) is 1.70. The lowest BCUT2D eigenvalue weighted by Gasteiger charge is -2.14. The Balaban J connectivity index is 2.96. The molecule has 22 heavy (non-hydrogen) atoms. The van der Waals surface area contributed by atoms with Crippen LogP contribution in [0.4, 0.5) is 0 Å². The molecule has 0 saturated carbocycles. The second kappa shape index (κ2) is 9.66. The Morgan fingerprint density at radius 2 is 1.64 bits per heavy atom. The number of ether oxygens (including phenoxy) is 3. The van der Waals surface area contributed by atoms with Crippen LogP contribution in [-0.4, -0.2) is 41.9 Å². The number of nitrogens with one attached hydrogen (secondary N) is 1. The fourth-order valence-electron chi connectivity index (χ4n) is 1.67. The number of sulfonamides is 1. The van der Waals surface area contributed by atoms with Gasteiger partial charge in [0.25, 0.3) is 0 Å². The van der Waals surface area contributed by atoms with Crippen LogP contribution >= 0.6 is 0 Å². The Hall–Kier alpha value is -1.31. The van der Waals surface area contributed by atoms with Gasteiger partial charge in [0.2, 0.25) is 10.0 Å². The third kappa shape index (κ3) is 5.82. The molecule has 1 N–H and O–H groups in total. The normalized spacial score (nSPS) is 11.4. The lowest BCUT2D eigenvalue weighted by molar-refractivity contribution is 0.204. The zero-order chi connectivity index (χ0) is 16.4. The van der Waals surface area contributed by atoms with Crippen LogP contribution in [0.3, 0.4) is 0 Å². The molecule has 0 heterocycles. The SMILES string of the molecule is CCCOc1ccc(S(=O)(=O)NCCOC)cc1OCCC. The van der Waals surface area contributed by atoms with Gasteiger partial charge in [-0.15, -0.1) is 0 Å². The summed E-state index contributed by atoms with van der Waals surface area (Å²) in [7, 11) is -2.06. The summed E-state index contributed by atoms with van der Waals surface area (Å²) in [5.41, 5.74) is 0. The van der Waals surface area contributed by atoms with E-state index in [2.05, 4.69) is 4.72 Å². The highest BCUT2D eigenvalue weighted by Gasteiger charge is 2.17. The second-order valence-electron chi connectivity index (χ2n) is 4.70. The highest BCUT2D eigenvalue weighted by Crippen LogP contribution is 2.30. The van der Waals surface area contributed by atoms with Crippen LogP contribution in [-0.2, 0) is 14.8 Å². The zero-order valence-corrected chi connectivity index (χ0v) is 14.2. The van der Waals surface area contributed by atoms with E-state index in [-0.39, 0.29) is 11.4 Å². The summed E-state index contributed by atoms with van der Waals surface area (Å²) >= 11 is 0. The highest BCUT2D eigenvalue weighted by atomic mass is 32.2. The van der Waals surface area contributed by atoms with Gasteiger partial charge in [-0.25, -0.2) is 13.1 Å². The minimum absolute atomic E-state index is 0.151. The Morgan fingerprint density at radius 3 is 2.23 bits per heavy atom. The van der Waals surface area contributed by atoms with Crippen molar-refractivity contribution in [1.82, 2.24) is 4.72 Å². The fourth-order valence-corrected chi connectivity index (χ4v) is 2.70. The first-order valence-electron chi connectivity index (χ1n) is 7.43. The van der Waals surface area contributed by atoms with Gasteiger partial charge in [-0.2, -0.15) is 0 Å². The van der Waals surface area contributed by atoms with E-state index in [4.69, 9.17) is 14.2 Å². The molecule has 0 fully saturated rings. The first-order valence-corrected chi connectivity index (χ1v) is 8.91. The molecule has 0 bridgehead atoms. The van der Waals surface area contributed by atoms with Gasteiger partial charge in [0.05, 0.1) is 24.7 Å². The van der Waals surface area contributed by atoms with E-state index in [1.54, 1.807) is 6.07 Å². The van der Waals surface area contributed by atoms with Gasteiger partial charge in [0.1, 0.15) is 0 Å². The molecular weight excluding hydrogens is 306 g/mol. The number of benzene rings is 1. The topological polar surface area (TPSA) is 73.9 Å². The first-order chi connectivity index (χ1) is 10.5. The van der Waals surface area contributed by atoms with Crippen LogP contribution in [0.1, 0.15) is 26.7 Å². The summed E-state index contributed by atoms with van der Waals surface area (Å²) in [5, 5.41) is 0. The van der Waals surface area contributed by atoms with Crippen LogP contribution in [0.2, 0.25) is 0 Å². The van der Waals surface area contributed by atoms with Crippen molar-refractivity contribution in [2.45, 2.75) is 31.6 Å². The molecule has 0 aliphatic carbocycles. The van der Waals surface area contributed by atoms with Crippen LogP contribution in [0, 0.1) is 0 Å². The van der Waals surface area contributed by atoms with Crippen molar-refractivity contribution in [1.29, 1.82) is 0 Å². The standard InChI is InChI=1S/C15H25NO5S/c1-4-9-20-14-7-6-13(12-15(14)21-10-5-2)22(17,18)16-8-11-19-3/h6-7,12,16H,4-5,8-11H2,1-3H3. The summed E-state index contributed by atoms with van der Waals surface area (Å²) in [6, 6.07) is 4.64. The largest absolute Gasteiger partial charge is 0.490 e. The van der Waals surface area contributed by atoms with E-state index in [1.165, 1.54) is 19.2 Å². The maximum atomic E-state index is 12.2. The summed E-state index contributed by atoms with van der Waals surface area (Å²) in [6.45, 7) is 5.59. The van der Waals surface area contributed by atoms with Crippen LogP contribution < -0.4 is 14.2 Å². The molecule has 1 aromatic carbocycles. The molecule has 126 valence electrons. The van der Waals surface area contributed by atoms with Crippen molar-refractivity contribution in [3.8, 4) is 11.5 Å². The second-order valence-corrected chi connectivity index (χ2v) is 6.46. The van der Waals surface area contributed by atoms with E-state index >= 15 is 0 Å². The Morgan fingerprint density at radius 1 is 1.00 bits per heavy atom. The maximum Gasteiger partial charge on any atom is 0.240 e. The predicted octanol–water partition coefficient (Wildman–Crippen LogP) is 2.19. The summed E-state index contributed by atoms with van der Waals surface area (Å²) < 4.78 is 42.9. The average molecular weight is 331 g/mol. The molecule has 1 aromatic rings. The van der Waals surface area contributed by atoms with Crippen molar-refractivity contribution in [2.75, 3.05) is 33.5 Å². The Kier molecular flexibility index (Phi) is 8.22. The predicted molar refractivity (Wildman–Crippen MR) is 85.1 cm³/mol. The van der Waals surface area contributed by atoms with Crippen molar-refractivity contribution in [3.05, 3.63) is 18.2 Å². The monoisotopic (exact) mass is 331 g/mol. The van der Waals surface area contributed by atoms with Gasteiger partial charge >= 0.3 is 0 Å². The molecule has 0 amide bonds. The van der Waals surface area contributed by atoms with Gasteiger partial charge < -0.3 is 14.2 Å². The average Bonchev–Trinajstić information content (AvgIpc) is 2.51. The van der Waals surface area contributed by atoms with Gasteiger partial charge in [-0.3, -0.25) is 0 Å². The van der Waals surface area contributed by atoms with Gasteiger partial charge in [-0.1, -0.05) is 13.8 Å². The third-order valence-corrected chi connectivity index (χ3v) is 4.21. The maximum absolute atomic E-state index is 12.2. The lowest BCUT2D eigenvalue weighted by atomic mass is 10.3. The van der Waals surface area contributed by atoms with E-state index < -0.39 is 10.0 Å². The first kappa shape index (κ1) is 18.7. The van der Waals surface area contributed by atoms with Crippen LogP contribution in [0.15, 0.2) is 23.1 Å². The molecule has 0 saturated heterocycles. The number of methoxy groups -OCH3 is 1. The molecule has 0 unspecified atom stereocenters. The van der Waals surface area contributed by atoms with Gasteiger partial charge in [0, 0.05) is 19.7 Å². The van der Waals surface area contributed by atoms with Crippen molar-refractivity contribution in [2.24, 2.45) is 0 Å². The van der Waals surface area contributed by atoms with Crippen LogP contribution in [0.25, 0.3) is 0 Å². The summed E-state index contributed by atoms with van der Waals surface area (Å²) in [5.74, 6) is 1.01. The van der Waals surface area contributed by atoms with Crippen molar-refractivity contribution < 1.29 is 22.6 Å². The van der Waals surface area contributed by atoms with E-state index in [1.807, 2.05) is 13.8 Å². The van der Waals surface area contributed by atoms with Crippen molar-refractivity contribution in [3.63, 3.8) is 0 Å². The Labute approximate surface area is 132 Å². The molecule has 6 nitrogen and oxygen atoms in total. The number of hydrogen-bond donors (Lipinski definition) is 1. The van der Waals surface area contributed by atoms with Gasteiger partial charge in [0.15, 0.2) is 11.5 Å². The smallest absolute Gasteiger partial charge is 0.240 e. The number of hydrogen-bond acceptors (Lipinski definition) is 5. The molecule has 0 spiro atoms. The molecule has 7 heteroatoms. The van der Waals surface area contributed by atoms with E-state index in [0.717, 1.165) is 12.8 Å².